The van der Waals surface area contributed by atoms with Crippen LogP contribution in [0, 0.1) is 11.8 Å². The number of alkyl halides is 5. The minimum Gasteiger partial charge on any atom is -0.366 e. The van der Waals surface area contributed by atoms with E-state index in [0.29, 0.717) is 47.7 Å². The van der Waals surface area contributed by atoms with Crippen molar-refractivity contribution in [1.29, 1.82) is 0 Å². The van der Waals surface area contributed by atoms with Crippen molar-refractivity contribution in [2.24, 2.45) is 11.8 Å². The maximum absolute atomic E-state index is 13.0. The van der Waals surface area contributed by atoms with Crippen molar-refractivity contribution >= 4 is 22.8 Å². The zero-order valence-corrected chi connectivity index (χ0v) is 17.5. The number of hydrogen-bond donors (Lipinski definition) is 1. The third-order valence-corrected chi connectivity index (χ3v) is 6.41. The Morgan fingerprint density at radius 2 is 1.88 bits per heavy atom. The van der Waals surface area contributed by atoms with E-state index in [-0.39, 0.29) is 6.04 Å². The highest BCUT2D eigenvalue weighted by Gasteiger charge is 2.39. The maximum atomic E-state index is 13.0. The van der Waals surface area contributed by atoms with Crippen LogP contribution in [0.5, 0.6) is 0 Å². The van der Waals surface area contributed by atoms with Crippen molar-refractivity contribution in [3.8, 4) is 0 Å². The standard InChI is InChI=1S/C21H22F5N7/c22-17(23)11-33-20-15(7-28-33)27-8-18(31-20)29-14-5-4-12-9-32(10-13(12)6-14)19-3-1-2-16(30-19)21(24,25)26/h1-3,7-8,12-14,17H,4-6,9-11H2,(H,29,31)/t12-,13+,14+/m1/s1. The monoisotopic (exact) mass is 467 g/mol. The van der Waals surface area contributed by atoms with E-state index in [9.17, 15) is 22.0 Å². The Morgan fingerprint density at radius 1 is 1.06 bits per heavy atom. The molecule has 176 valence electrons. The molecule has 1 aliphatic heterocycles. The minimum absolute atomic E-state index is 0.110. The van der Waals surface area contributed by atoms with Gasteiger partial charge in [0.15, 0.2) is 5.65 Å². The number of hydrogen-bond acceptors (Lipinski definition) is 6. The fourth-order valence-electron chi connectivity index (χ4n) is 4.90. The van der Waals surface area contributed by atoms with Crippen LogP contribution in [0.3, 0.4) is 0 Å². The second-order valence-corrected chi connectivity index (χ2v) is 8.64. The lowest BCUT2D eigenvalue weighted by Gasteiger charge is -2.31. The average Bonchev–Trinajstić information content (AvgIpc) is 3.37. The van der Waals surface area contributed by atoms with Crippen LogP contribution in [-0.2, 0) is 12.7 Å². The van der Waals surface area contributed by atoms with Crippen LogP contribution in [-0.4, -0.2) is 50.3 Å². The second-order valence-electron chi connectivity index (χ2n) is 8.64. The quantitative estimate of drug-likeness (QED) is 0.567. The molecule has 4 heterocycles. The van der Waals surface area contributed by atoms with Crippen LogP contribution < -0.4 is 10.2 Å². The number of halogens is 5. The number of fused-ring (bicyclic) bond motifs is 2. The molecule has 0 unspecified atom stereocenters. The molecule has 5 rings (SSSR count). The van der Waals surface area contributed by atoms with Crippen LogP contribution in [0.15, 0.2) is 30.6 Å². The summed E-state index contributed by atoms with van der Waals surface area (Å²) in [5, 5.41) is 7.28. The lowest BCUT2D eigenvalue weighted by Crippen LogP contribution is -2.32. The molecule has 1 N–H and O–H groups in total. The summed E-state index contributed by atoms with van der Waals surface area (Å²) in [7, 11) is 0. The van der Waals surface area contributed by atoms with Crippen molar-refractivity contribution in [3.05, 3.63) is 36.3 Å². The van der Waals surface area contributed by atoms with Crippen molar-refractivity contribution < 1.29 is 22.0 Å². The fourth-order valence-corrected chi connectivity index (χ4v) is 4.90. The molecule has 2 aliphatic rings. The first-order chi connectivity index (χ1) is 15.8. The Labute approximate surface area is 186 Å². The Morgan fingerprint density at radius 3 is 2.67 bits per heavy atom. The summed E-state index contributed by atoms with van der Waals surface area (Å²) in [6.07, 6.45) is -1.40. The molecule has 7 nitrogen and oxygen atoms in total. The summed E-state index contributed by atoms with van der Waals surface area (Å²) in [4.78, 5) is 14.4. The molecule has 0 aromatic carbocycles. The molecule has 0 bridgehead atoms. The van der Waals surface area contributed by atoms with Crippen molar-refractivity contribution in [1.82, 2.24) is 24.7 Å². The summed E-state index contributed by atoms with van der Waals surface area (Å²) in [5.41, 5.74) is -0.129. The highest BCUT2D eigenvalue weighted by Crippen LogP contribution is 2.39. The fraction of sp³-hybridized carbons (Fsp3) is 0.524. The smallest absolute Gasteiger partial charge is 0.366 e. The summed E-state index contributed by atoms with van der Waals surface area (Å²) >= 11 is 0. The van der Waals surface area contributed by atoms with E-state index < -0.39 is 24.8 Å². The van der Waals surface area contributed by atoms with Gasteiger partial charge in [-0.2, -0.15) is 18.3 Å². The maximum Gasteiger partial charge on any atom is 0.433 e. The average molecular weight is 467 g/mol. The van der Waals surface area contributed by atoms with Crippen molar-refractivity contribution in [2.45, 2.75) is 44.5 Å². The van der Waals surface area contributed by atoms with Crippen LogP contribution in [0.4, 0.5) is 33.6 Å². The van der Waals surface area contributed by atoms with Gasteiger partial charge < -0.3 is 10.2 Å². The summed E-state index contributed by atoms with van der Waals surface area (Å²) < 4.78 is 65.8. The number of rotatable bonds is 5. The molecule has 12 heteroatoms. The molecule has 1 saturated heterocycles. The second kappa shape index (κ2) is 8.38. The number of aromatic nitrogens is 5. The van der Waals surface area contributed by atoms with Gasteiger partial charge in [-0.1, -0.05) is 6.07 Å². The minimum atomic E-state index is -4.47. The molecule has 3 aromatic rings. The predicted molar refractivity (Wildman–Crippen MR) is 111 cm³/mol. The molecule has 1 aliphatic carbocycles. The van der Waals surface area contributed by atoms with E-state index in [1.165, 1.54) is 12.3 Å². The van der Waals surface area contributed by atoms with Gasteiger partial charge in [-0.05, 0) is 43.2 Å². The first-order valence-electron chi connectivity index (χ1n) is 10.8. The first-order valence-corrected chi connectivity index (χ1v) is 10.8. The van der Waals surface area contributed by atoms with Crippen LogP contribution >= 0.6 is 0 Å². The Balaban J connectivity index is 1.25. The van der Waals surface area contributed by atoms with E-state index in [2.05, 4.69) is 25.4 Å². The molecule has 33 heavy (non-hydrogen) atoms. The first kappa shape index (κ1) is 21.8. The molecule has 0 spiro atoms. The Hall–Kier alpha value is -3.05. The zero-order chi connectivity index (χ0) is 23.2. The van der Waals surface area contributed by atoms with Gasteiger partial charge in [-0.3, -0.25) is 0 Å². The lowest BCUT2D eigenvalue weighted by molar-refractivity contribution is -0.141. The zero-order valence-electron chi connectivity index (χ0n) is 17.5. The Kier molecular flexibility index (Phi) is 5.53. The van der Waals surface area contributed by atoms with Gasteiger partial charge in [0.25, 0.3) is 6.43 Å². The number of nitrogens with one attached hydrogen (secondary N) is 1. The number of pyridine rings is 1. The molecule has 3 atom stereocenters. The molecule has 1 saturated carbocycles. The van der Waals surface area contributed by atoms with Gasteiger partial charge in [0.05, 0.1) is 12.4 Å². The van der Waals surface area contributed by atoms with Gasteiger partial charge in [0.2, 0.25) is 0 Å². The predicted octanol–water partition coefficient (Wildman–Crippen LogP) is 4.22. The summed E-state index contributed by atoms with van der Waals surface area (Å²) in [6.45, 7) is 0.779. The molecule has 3 aromatic heterocycles. The largest absolute Gasteiger partial charge is 0.433 e. The van der Waals surface area contributed by atoms with Gasteiger partial charge >= 0.3 is 6.18 Å². The third kappa shape index (κ3) is 4.55. The van der Waals surface area contributed by atoms with Gasteiger partial charge in [0, 0.05) is 19.1 Å². The molecular formula is C21H22F5N7. The molecule has 2 fully saturated rings. The van der Waals surface area contributed by atoms with E-state index in [1.54, 1.807) is 12.3 Å². The molecule has 0 amide bonds. The van der Waals surface area contributed by atoms with Gasteiger partial charge in [-0.25, -0.2) is 28.4 Å². The van der Waals surface area contributed by atoms with Gasteiger partial charge in [-0.15, -0.1) is 0 Å². The Bertz CT molecular complexity index is 1130. The summed E-state index contributed by atoms with van der Waals surface area (Å²) in [5.74, 6) is 1.55. The van der Waals surface area contributed by atoms with E-state index in [1.807, 2.05) is 4.90 Å². The third-order valence-electron chi connectivity index (χ3n) is 6.41. The normalized spacial score (nSPS) is 23.3. The SMILES string of the molecule is FC(F)Cn1ncc2ncc(N[C@H]3CC[C@@H]4CN(c5cccc(C(F)(F)F)n5)C[C@@H]4C3)nc21. The highest BCUT2D eigenvalue weighted by molar-refractivity contribution is 5.71. The lowest BCUT2D eigenvalue weighted by atomic mass is 9.79. The van der Waals surface area contributed by atoms with E-state index in [0.717, 1.165) is 30.0 Å². The van der Waals surface area contributed by atoms with Crippen LogP contribution in [0.1, 0.15) is 25.0 Å². The topological polar surface area (TPSA) is 71.8 Å². The number of anilines is 2. The van der Waals surface area contributed by atoms with E-state index >= 15 is 0 Å². The van der Waals surface area contributed by atoms with Crippen LogP contribution in [0.25, 0.3) is 11.2 Å². The number of nitrogens with zero attached hydrogens (tertiary/aromatic N) is 6. The highest BCUT2D eigenvalue weighted by atomic mass is 19.4. The van der Waals surface area contributed by atoms with Crippen LogP contribution in [0.2, 0.25) is 0 Å². The van der Waals surface area contributed by atoms with Crippen molar-refractivity contribution in [3.63, 3.8) is 0 Å². The molecular weight excluding hydrogens is 445 g/mol. The summed E-state index contributed by atoms with van der Waals surface area (Å²) in [6, 6.07) is 4.11. The molecule has 0 radical (unpaired) electrons. The van der Waals surface area contributed by atoms with E-state index in [4.69, 9.17) is 0 Å². The van der Waals surface area contributed by atoms with Crippen molar-refractivity contribution in [2.75, 3.05) is 23.3 Å². The van der Waals surface area contributed by atoms with Gasteiger partial charge in [0.1, 0.15) is 29.4 Å².